The first-order valence-corrected chi connectivity index (χ1v) is 8.02. The molecule has 0 saturated carbocycles. The van der Waals surface area contributed by atoms with Crippen molar-refractivity contribution in [1.29, 1.82) is 0 Å². The van der Waals surface area contributed by atoms with Crippen molar-refractivity contribution in [3.05, 3.63) is 70.0 Å². The van der Waals surface area contributed by atoms with E-state index in [0.29, 0.717) is 17.8 Å². The van der Waals surface area contributed by atoms with Crippen molar-refractivity contribution in [2.24, 2.45) is 0 Å². The summed E-state index contributed by atoms with van der Waals surface area (Å²) in [4.78, 5) is 28.9. The van der Waals surface area contributed by atoms with E-state index in [4.69, 9.17) is 0 Å². The van der Waals surface area contributed by atoms with Crippen LogP contribution in [0.1, 0.15) is 23.0 Å². The molecule has 0 aliphatic rings. The first kappa shape index (κ1) is 17.4. The Bertz CT molecular complexity index is 1020. The summed E-state index contributed by atoms with van der Waals surface area (Å²) in [5.74, 6) is -1.80. The fourth-order valence-corrected chi connectivity index (χ4v) is 2.51. The van der Waals surface area contributed by atoms with Gasteiger partial charge in [-0.05, 0) is 36.8 Å². The Morgan fingerprint density at radius 3 is 2.69 bits per heavy atom. The van der Waals surface area contributed by atoms with Crippen LogP contribution in [0.25, 0.3) is 5.65 Å². The molecule has 0 aliphatic carbocycles. The van der Waals surface area contributed by atoms with Gasteiger partial charge in [-0.2, -0.15) is 0 Å². The summed E-state index contributed by atoms with van der Waals surface area (Å²) in [7, 11) is 0. The van der Waals surface area contributed by atoms with E-state index in [1.807, 2.05) is 6.92 Å². The van der Waals surface area contributed by atoms with E-state index < -0.39 is 17.2 Å². The number of benzene rings is 1. The lowest BCUT2D eigenvalue weighted by molar-refractivity contribution is 0.0942. The maximum atomic E-state index is 12.9. The molecular weight excluding hydrogens is 339 g/mol. The quantitative estimate of drug-likeness (QED) is 0.649. The number of rotatable bonds is 5. The predicted molar refractivity (Wildman–Crippen MR) is 94.9 cm³/mol. The minimum atomic E-state index is -0.735. The number of carbonyl (C=O) groups excluding carboxylic acids is 1. The number of nitrogens with zero attached hydrogens (tertiary/aromatic N) is 2. The van der Waals surface area contributed by atoms with Crippen molar-refractivity contribution in [3.63, 3.8) is 0 Å². The summed E-state index contributed by atoms with van der Waals surface area (Å²) < 4.78 is 14.1. The first-order valence-electron chi connectivity index (χ1n) is 8.02. The van der Waals surface area contributed by atoms with Crippen molar-refractivity contribution < 1.29 is 14.3 Å². The monoisotopic (exact) mass is 356 g/mol. The van der Waals surface area contributed by atoms with Crippen LogP contribution in [-0.4, -0.2) is 26.9 Å². The van der Waals surface area contributed by atoms with Crippen LogP contribution in [0, 0.1) is 5.82 Å². The standard InChI is InChI=1S/C18H17FN4O3/c1-2-20-13-4-3-9-23-16(13)22-14(15(24)18(23)26)17(25)21-10-11-5-7-12(19)8-6-11/h3-9,20,24H,2,10H2,1H3,(H,21,25). The number of aromatic hydroxyl groups is 1. The molecule has 0 bridgehead atoms. The van der Waals surface area contributed by atoms with Gasteiger partial charge in [0, 0.05) is 19.3 Å². The number of carbonyl (C=O) groups is 1. The zero-order chi connectivity index (χ0) is 18.7. The van der Waals surface area contributed by atoms with E-state index in [-0.39, 0.29) is 23.7 Å². The third kappa shape index (κ3) is 3.34. The van der Waals surface area contributed by atoms with E-state index in [1.165, 1.54) is 34.9 Å². The normalized spacial score (nSPS) is 10.7. The molecule has 0 radical (unpaired) electrons. The third-order valence-electron chi connectivity index (χ3n) is 3.78. The molecule has 0 saturated heterocycles. The number of amides is 1. The van der Waals surface area contributed by atoms with Gasteiger partial charge >= 0.3 is 5.56 Å². The zero-order valence-corrected chi connectivity index (χ0v) is 14.0. The van der Waals surface area contributed by atoms with Gasteiger partial charge in [0.15, 0.2) is 11.3 Å². The van der Waals surface area contributed by atoms with E-state index in [1.54, 1.807) is 12.1 Å². The SMILES string of the molecule is CCNc1cccn2c(=O)c(O)c(C(=O)NCc3ccc(F)cc3)nc12. The van der Waals surface area contributed by atoms with E-state index >= 15 is 0 Å². The highest BCUT2D eigenvalue weighted by atomic mass is 19.1. The Hall–Kier alpha value is -3.42. The summed E-state index contributed by atoms with van der Waals surface area (Å²) in [5, 5.41) is 15.7. The molecule has 1 aromatic carbocycles. The number of nitrogens with one attached hydrogen (secondary N) is 2. The van der Waals surface area contributed by atoms with Crippen LogP contribution >= 0.6 is 0 Å². The molecule has 0 spiro atoms. The Labute approximate surface area is 148 Å². The molecule has 0 unspecified atom stereocenters. The second kappa shape index (κ2) is 7.22. The van der Waals surface area contributed by atoms with Crippen LogP contribution in [-0.2, 0) is 6.54 Å². The van der Waals surface area contributed by atoms with Crippen LogP contribution in [0.2, 0.25) is 0 Å². The molecular formula is C18H17FN4O3. The molecule has 7 nitrogen and oxygen atoms in total. The maximum absolute atomic E-state index is 12.9. The summed E-state index contributed by atoms with van der Waals surface area (Å²) in [6.07, 6.45) is 1.46. The molecule has 1 amide bonds. The molecule has 0 atom stereocenters. The highest BCUT2D eigenvalue weighted by molar-refractivity contribution is 5.95. The van der Waals surface area contributed by atoms with Crippen LogP contribution in [0.4, 0.5) is 10.1 Å². The molecule has 26 heavy (non-hydrogen) atoms. The first-order chi connectivity index (χ1) is 12.5. The lowest BCUT2D eigenvalue weighted by Gasteiger charge is -2.11. The van der Waals surface area contributed by atoms with Gasteiger partial charge in [0.1, 0.15) is 5.82 Å². The fourth-order valence-electron chi connectivity index (χ4n) is 2.51. The smallest absolute Gasteiger partial charge is 0.300 e. The minimum Gasteiger partial charge on any atom is -0.501 e. The molecule has 8 heteroatoms. The lowest BCUT2D eigenvalue weighted by Crippen LogP contribution is -2.27. The number of anilines is 1. The molecule has 3 rings (SSSR count). The van der Waals surface area contributed by atoms with Gasteiger partial charge in [-0.1, -0.05) is 12.1 Å². The Morgan fingerprint density at radius 2 is 2.00 bits per heavy atom. The number of aromatic nitrogens is 2. The summed E-state index contributed by atoms with van der Waals surface area (Å²) in [5.41, 5.74) is 0.387. The maximum Gasteiger partial charge on any atom is 0.300 e. The second-order valence-electron chi connectivity index (χ2n) is 5.57. The molecule has 3 N–H and O–H groups in total. The number of pyridine rings is 1. The van der Waals surface area contributed by atoms with Crippen LogP contribution in [0.3, 0.4) is 0 Å². The number of fused-ring (bicyclic) bond motifs is 1. The average Bonchev–Trinajstić information content (AvgIpc) is 2.64. The molecule has 134 valence electrons. The largest absolute Gasteiger partial charge is 0.501 e. The van der Waals surface area contributed by atoms with E-state index in [9.17, 15) is 19.1 Å². The van der Waals surface area contributed by atoms with Gasteiger partial charge in [0.2, 0.25) is 5.75 Å². The van der Waals surface area contributed by atoms with Gasteiger partial charge in [-0.3, -0.25) is 14.0 Å². The van der Waals surface area contributed by atoms with Crippen LogP contribution < -0.4 is 16.2 Å². The van der Waals surface area contributed by atoms with Crippen LogP contribution in [0.5, 0.6) is 5.75 Å². The number of hydrogen-bond donors (Lipinski definition) is 3. The fraction of sp³-hybridized carbons (Fsp3) is 0.167. The van der Waals surface area contributed by atoms with Gasteiger partial charge < -0.3 is 15.7 Å². The van der Waals surface area contributed by atoms with E-state index in [2.05, 4.69) is 15.6 Å². The van der Waals surface area contributed by atoms with Crippen LogP contribution in [0.15, 0.2) is 47.4 Å². The van der Waals surface area contributed by atoms with Gasteiger partial charge in [0.05, 0.1) is 5.69 Å². The molecule has 3 aromatic rings. The lowest BCUT2D eigenvalue weighted by atomic mass is 10.2. The molecule has 0 aliphatic heterocycles. The summed E-state index contributed by atoms with van der Waals surface area (Å²) in [6.45, 7) is 2.59. The van der Waals surface area contributed by atoms with Gasteiger partial charge in [-0.25, -0.2) is 9.37 Å². The van der Waals surface area contributed by atoms with Crippen molar-refractivity contribution in [3.8, 4) is 5.75 Å². The topological polar surface area (TPSA) is 95.7 Å². The van der Waals surface area contributed by atoms with E-state index in [0.717, 1.165) is 0 Å². The van der Waals surface area contributed by atoms with Crippen molar-refractivity contribution in [2.75, 3.05) is 11.9 Å². The highest BCUT2D eigenvalue weighted by Crippen LogP contribution is 2.17. The second-order valence-corrected chi connectivity index (χ2v) is 5.57. The Morgan fingerprint density at radius 1 is 1.27 bits per heavy atom. The summed E-state index contributed by atoms with van der Waals surface area (Å²) in [6, 6.07) is 8.98. The molecule has 2 aromatic heterocycles. The minimum absolute atomic E-state index is 0.106. The average molecular weight is 356 g/mol. The number of halogens is 1. The highest BCUT2D eigenvalue weighted by Gasteiger charge is 2.19. The van der Waals surface area contributed by atoms with Crippen molar-refractivity contribution in [2.45, 2.75) is 13.5 Å². The molecule has 0 fully saturated rings. The summed E-state index contributed by atoms with van der Waals surface area (Å²) >= 11 is 0. The third-order valence-corrected chi connectivity index (χ3v) is 3.78. The Balaban J connectivity index is 1.94. The van der Waals surface area contributed by atoms with Gasteiger partial charge in [-0.15, -0.1) is 0 Å². The van der Waals surface area contributed by atoms with Crippen molar-refractivity contribution in [1.82, 2.24) is 14.7 Å². The molecule has 2 heterocycles. The zero-order valence-electron chi connectivity index (χ0n) is 14.0. The Kier molecular flexibility index (Phi) is 4.83. The number of hydrogen-bond acceptors (Lipinski definition) is 5. The van der Waals surface area contributed by atoms with Crippen molar-refractivity contribution >= 4 is 17.2 Å². The van der Waals surface area contributed by atoms with Gasteiger partial charge in [0.25, 0.3) is 5.91 Å². The predicted octanol–water partition coefficient (Wildman–Crippen LogP) is 1.90.